The lowest BCUT2D eigenvalue weighted by Gasteiger charge is -2.01. The number of rotatable bonds is 3. The minimum atomic E-state index is -3.55. The largest absolute Gasteiger partial charge is 0.328 e. The minimum Gasteiger partial charge on any atom is -0.247 e. The molecule has 0 aliphatic carbocycles. The van der Waals surface area contributed by atoms with E-state index in [-0.39, 0.29) is 4.90 Å². The van der Waals surface area contributed by atoms with Crippen LogP contribution in [0.4, 0.5) is 5.82 Å². The Labute approximate surface area is 114 Å². The Kier molecular flexibility index (Phi) is 3.68. The van der Waals surface area contributed by atoms with E-state index in [0.717, 1.165) is 10.0 Å². The topological polar surface area (TPSA) is 60.3 Å². The van der Waals surface area contributed by atoms with Crippen molar-refractivity contribution in [2.24, 2.45) is 0 Å². The van der Waals surface area contributed by atoms with E-state index < -0.39 is 10.0 Å². The van der Waals surface area contributed by atoms with Crippen LogP contribution in [0.15, 0.2) is 52.0 Å². The molecule has 1 heterocycles. The molecule has 0 saturated carbocycles. The van der Waals surface area contributed by atoms with Gasteiger partial charge in [0.1, 0.15) is 4.90 Å². The van der Waals surface area contributed by atoms with Crippen molar-refractivity contribution in [1.82, 2.24) is 0 Å². The number of halogens is 1. The fraction of sp³-hybridized carbons (Fsp3) is 0.0833. The van der Waals surface area contributed by atoms with Crippen LogP contribution in [0.1, 0.15) is 5.56 Å². The molecule has 0 bridgehead atoms. The quantitative estimate of drug-likeness (QED) is 0.940. The number of hydrogen-bond donors (Lipinski definition) is 1. The van der Waals surface area contributed by atoms with Gasteiger partial charge in [0, 0.05) is 10.5 Å². The number of nitrogens with one attached hydrogen (secondary N) is 2. The molecule has 4 nitrogen and oxygen atoms in total. The maximum Gasteiger partial charge on any atom is 0.328 e. The average molecular weight is 328 g/mol. The van der Waals surface area contributed by atoms with Crippen LogP contribution >= 0.6 is 15.9 Å². The Morgan fingerprint density at radius 1 is 1.11 bits per heavy atom. The summed E-state index contributed by atoms with van der Waals surface area (Å²) >= 11 is 3.27. The zero-order valence-corrected chi connectivity index (χ0v) is 12.0. The summed E-state index contributed by atoms with van der Waals surface area (Å²) in [5.41, 5.74) is 1.03. The highest BCUT2D eigenvalue weighted by Crippen LogP contribution is 2.16. The summed E-state index contributed by atoms with van der Waals surface area (Å²) < 4.78 is 27.4. The first kappa shape index (κ1) is 13.0. The maximum absolute atomic E-state index is 12.1. The van der Waals surface area contributed by atoms with Gasteiger partial charge in [0.25, 0.3) is 5.82 Å². The van der Waals surface area contributed by atoms with Gasteiger partial charge in [-0.2, -0.15) is 13.1 Å². The van der Waals surface area contributed by atoms with Gasteiger partial charge >= 0.3 is 10.0 Å². The molecule has 0 fully saturated rings. The molecular weight excluding hydrogens is 316 g/mol. The molecule has 2 aromatic rings. The first-order valence-electron chi connectivity index (χ1n) is 5.24. The Morgan fingerprint density at radius 2 is 1.78 bits per heavy atom. The highest BCUT2D eigenvalue weighted by molar-refractivity contribution is 9.10. The van der Waals surface area contributed by atoms with E-state index in [1.165, 1.54) is 0 Å². The van der Waals surface area contributed by atoms with Gasteiger partial charge in [-0.1, -0.05) is 15.9 Å². The van der Waals surface area contributed by atoms with Crippen molar-refractivity contribution < 1.29 is 13.4 Å². The molecule has 1 aromatic carbocycles. The van der Waals surface area contributed by atoms with E-state index in [4.69, 9.17) is 0 Å². The van der Waals surface area contributed by atoms with Crippen LogP contribution in [0.5, 0.6) is 0 Å². The summed E-state index contributed by atoms with van der Waals surface area (Å²) in [4.78, 5) is 3.10. The molecule has 0 amide bonds. The van der Waals surface area contributed by atoms with E-state index in [1.807, 2.05) is 13.0 Å². The number of sulfonamides is 1. The fourth-order valence-electron chi connectivity index (χ4n) is 1.38. The molecule has 0 aliphatic heterocycles. The van der Waals surface area contributed by atoms with Gasteiger partial charge < -0.3 is 0 Å². The summed E-state index contributed by atoms with van der Waals surface area (Å²) in [6.07, 6.45) is 1.74. The molecule has 2 N–H and O–H groups in total. The SMILES string of the molecule is Cc1ccc(NS(=O)(=O)c2ccc(Br)cc2)[nH+]c1. The van der Waals surface area contributed by atoms with Crippen molar-refractivity contribution in [3.05, 3.63) is 52.6 Å². The summed E-state index contributed by atoms with van der Waals surface area (Å²) in [5, 5.41) is 0. The zero-order valence-electron chi connectivity index (χ0n) is 9.64. The van der Waals surface area contributed by atoms with E-state index in [9.17, 15) is 8.42 Å². The van der Waals surface area contributed by atoms with Crippen LogP contribution in [-0.2, 0) is 10.0 Å². The molecule has 0 unspecified atom stereocenters. The van der Waals surface area contributed by atoms with Gasteiger partial charge in [-0.05, 0) is 42.8 Å². The summed E-state index contributed by atoms with van der Waals surface area (Å²) in [5.74, 6) is 0.434. The number of aromatic amines is 1. The lowest BCUT2D eigenvalue weighted by atomic mass is 10.3. The third-order valence-electron chi connectivity index (χ3n) is 2.34. The lowest BCUT2D eigenvalue weighted by molar-refractivity contribution is -0.360. The van der Waals surface area contributed by atoms with Crippen molar-refractivity contribution in [3.8, 4) is 0 Å². The molecule has 0 atom stereocenters. The number of aromatic nitrogens is 1. The average Bonchev–Trinajstić information content (AvgIpc) is 2.32. The molecule has 1 aromatic heterocycles. The number of hydrogen-bond acceptors (Lipinski definition) is 2. The highest BCUT2D eigenvalue weighted by atomic mass is 79.9. The first-order valence-corrected chi connectivity index (χ1v) is 7.52. The first-order chi connectivity index (χ1) is 8.47. The van der Waals surface area contributed by atoms with E-state index in [2.05, 4.69) is 25.6 Å². The molecule has 0 saturated heterocycles. The van der Waals surface area contributed by atoms with Crippen molar-refractivity contribution in [3.63, 3.8) is 0 Å². The Bertz CT molecular complexity index is 637. The van der Waals surface area contributed by atoms with E-state index >= 15 is 0 Å². The fourth-order valence-corrected chi connectivity index (χ4v) is 2.68. The van der Waals surface area contributed by atoms with Gasteiger partial charge in [0.2, 0.25) is 0 Å². The molecule has 0 radical (unpaired) electrons. The number of anilines is 1. The highest BCUT2D eigenvalue weighted by Gasteiger charge is 2.19. The number of aryl methyl sites for hydroxylation is 1. The monoisotopic (exact) mass is 327 g/mol. The zero-order chi connectivity index (χ0) is 13.2. The molecule has 6 heteroatoms. The Morgan fingerprint density at radius 3 is 2.33 bits per heavy atom. The second-order valence-electron chi connectivity index (χ2n) is 3.84. The standard InChI is InChI=1S/C12H11BrN2O2S/c1-9-2-7-12(14-8-9)15-18(16,17)11-5-3-10(13)4-6-11/h2-8H,1H3,(H,14,15)/p+1. The van der Waals surface area contributed by atoms with Crippen molar-refractivity contribution in [1.29, 1.82) is 0 Å². The van der Waals surface area contributed by atoms with Crippen LogP contribution in [0.2, 0.25) is 0 Å². The Hall–Kier alpha value is -1.40. The van der Waals surface area contributed by atoms with Gasteiger partial charge in [-0.15, -0.1) is 0 Å². The van der Waals surface area contributed by atoms with Crippen molar-refractivity contribution >= 4 is 31.8 Å². The minimum absolute atomic E-state index is 0.222. The van der Waals surface area contributed by atoms with Crippen LogP contribution in [0.25, 0.3) is 0 Å². The van der Waals surface area contributed by atoms with Gasteiger partial charge in [0.05, 0.1) is 6.20 Å². The summed E-state index contributed by atoms with van der Waals surface area (Å²) in [6.45, 7) is 1.92. The number of pyridine rings is 1. The Balaban J connectivity index is 2.27. The third kappa shape index (κ3) is 3.08. The van der Waals surface area contributed by atoms with Gasteiger partial charge in [-0.3, -0.25) is 0 Å². The predicted octanol–water partition coefficient (Wildman–Crippen LogP) is 2.37. The number of H-pyrrole nitrogens is 1. The second-order valence-corrected chi connectivity index (χ2v) is 6.44. The van der Waals surface area contributed by atoms with Crippen LogP contribution in [0.3, 0.4) is 0 Å². The van der Waals surface area contributed by atoms with Crippen LogP contribution < -0.4 is 9.71 Å². The molecule has 2 rings (SSSR count). The second kappa shape index (κ2) is 5.07. The van der Waals surface area contributed by atoms with E-state index in [0.29, 0.717) is 5.82 Å². The maximum atomic E-state index is 12.1. The predicted molar refractivity (Wildman–Crippen MR) is 72.7 cm³/mol. The molecule has 0 spiro atoms. The van der Waals surface area contributed by atoms with Gasteiger partial charge in [0.15, 0.2) is 0 Å². The molecular formula is C12H12BrN2O2S+. The molecule has 0 aliphatic rings. The summed E-state index contributed by atoms with van der Waals surface area (Å²) in [6, 6.07) is 9.98. The van der Waals surface area contributed by atoms with Gasteiger partial charge in [-0.25, -0.2) is 4.98 Å². The third-order valence-corrected chi connectivity index (χ3v) is 4.25. The molecule has 94 valence electrons. The van der Waals surface area contributed by atoms with Crippen LogP contribution in [-0.4, -0.2) is 8.42 Å². The lowest BCUT2D eigenvalue weighted by Crippen LogP contribution is -2.19. The number of benzene rings is 1. The normalized spacial score (nSPS) is 11.2. The summed E-state index contributed by atoms with van der Waals surface area (Å²) in [7, 11) is -3.55. The molecule has 18 heavy (non-hydrogen) atoms. The van der Waals surface area contributed by atoms with Crippen LogP contribution in [0, 0.1) is 6.92 Å². The van der Waals surface area contributed by atoms with E-state index in [1.54, 1.807) is 36.5 Å². The van der Waals surface area contributed by atoms with Crippen molar-refractivity contribution in [2.75, 3.05) is 4.72 Å². The smallest absolute Gasteiger partial charge is 0.247 e. The van der Waals surface area contributed by atoms with Crippen molar-refractivity contribution in [2.45, 2.75) is 11.8 Å².